The molecule has 1 aromatic carbocycles. The SMILES string of the molecule is CCc1nc(-c2ccc(N(CC)CC)c(N)c2)cs1. The van der Waals surface area contributed by atoms with Crippen LogP contribution in [0.3, 0.4) is 0 Å². The lowest BCUT2D eigenvalue weighted by atomic mass is 10.1. The van der Waals surface area contributed by atoms with Gasteiger partial charge in [-0.2, -0.15) is 0 Å². The molecule has 0 saturated heterocycles. The Morgan fingerprint density at radius 3 is 2.47 bits per heavy atom. The van der Waals surface area contributed by atoms with Crippen LogP contribution in [0.1, 0.15) is 25.8 Å². The second kappa shape index (κ2) is 6.06. The zero-order chi connectivity index (χ0) is 13.8. The third-order valence-corrected chi connectivity index (χ3v) is 4.27. The number of hydrogen-bond acceptors (Lipinski definition) is 4. The third-order valence-electron chi connectivity index (χ3n) is 3.28. The molecule has 0 unspecified atom stereocenters. The van der Waals surface area contributed by atoms with Crippen LogP contribution in [0, 0.1) is 0 Å². The van der Waals surface area contributed by atoms with Crippen LogP contribution < -0.4 is 10.6 Å². The fourth-order valence-electron chi connectivity index (χ4n) is 2.17. The summed E-state index contributed by atoms with van der Waals surface area (Å²) < 4.78 is 0. The molecule has 0 spiro atoms. The molecule has 0 aliphatic carbocycles. The van der Waals surface area contributed by atoms with Gasteiger partial charge in [0.2, 0.25) is 0 Å². The first-order valence-electron chi connectivity index (χ1n) is 6.78. The normalized spacial score (nSPS) is 10.7. The fourth-order valence-corrected chi connectivity index (χ4v) is 2.93. The monoisotopic (exact) mass is 275 g/mol. The highest BCUT2D eigenvalue weighted by Gasteiger charge is 2.09. The van der Waals surface area contributed by atoms with Gasteiger partial charge in [-0.25, -0.2) is 4.98 Å². The minimum Gasteiger partial charge on any atom is -0.397 e. The largest absolute Gasteiger partial charge is 0.397 e. The summed E-state index contributed by atoms with van der Waals surface area (Å²) >= 11 is 1.71. The molecule has 0 amide bonds. The molecule has 0 bridgehead atoms. The number of nitrogens with two attached hydrogens (primary N) is 1. The second-order valence-electron chi connectivity index (χ2n) is 4.43. The second-order valence-corrected chi connectivity index (χ2v) is 5.37. The van der Waals surface area contributed by atoms with Crippen LogP contribution in [0.2, 0.25) is 0 Å². The average Bonchev–Trinajstić information content (AvgIpc) is 2.90. The Hall–Kier alpha value is -1.55. The van der Waals surface area contributed by atoms with Gasteiger partial charge in [0.15, 0.2) is 0 Å². The molecule has 0 atom stereocenters. The molecule has 19 heavy (non-hydrogen) atoms. The molecule has 2 N–H and O–H groups in total. The van der Waals surface area contributed by atoms with Gasteiger partial charge in [0.05, 0.1) is 22.1 Å². The zero-order valence-electron chi connectivity index (χ0n) is 11.8. The van der Waals surface area contributed by atoms with Gasteiger partial charge >= 0.3 is 0 Å². The molecule has 1 aromatic heterocycles. The molecule has 0 aliphatic heterocycles. The highest BCUT2D eigenvalue weighted by atomic mass is 32.1. The Balaban J connectivity index is 2.32. The lowest BCUT2D eigenvalue weighted by Crippen LogP contribution is -2.22. The molecule has 0 fully saturated rings. The van der Waals surface area contributed by atoms with Crippen molar-refractivity contribution in [1.29, 1.82) is 0 Å². The molecule has 2 rings (SSSR count). The minimum atomic E-state index is 0.826. The van der Waals surface area contributed by atoms with Gasteiger partial charge in [-0.3, -0.25) is 0 Å². The van der Waals surface area contributed by atoms with E-state index in [9.17, 15) is 0 Å². The predicted molar refractivity (Wildman–Crippen MR) is 84.9 cm³/mol. The van der Waals surface area contributed by atoms with Crippen molar-refractivity contribution in [1.82, 2.24) is 4.98 Å². The minimum absolute atomic E-state index is 0.826. The van der Waals surface area contributed by atoms with E-state index in [-0.39, 0.29) is 0 Å². The highest BCUT2D eigenvalue weighted by molar-refractivity contribution is 7.09. The van der Waals surface area contributed by atoms with Crippen LogP contribution in [0.5, 0.6) is 0 Å². The van der Waals surface area contributed by atoms with Crippen LogP contribution in [-0.2, 0) is 6.42 Å². The molecule has 0 aliphatic rings. The summed E-state index contributed by atoms with van der Waals surface area (Å²) in [6.45, 7) is 8.35. The first-order chi connectivity index (χ1) is 9.19. The van der Waals surface area contributed by atoms with Crippen molar-refractivity contribution < 1.29 is 0 Å². The fraction of sp³-hybridized carbons (Fsp3) is 0.400. The van der Waals surface area contributed by atoms with Gasteiger partial charge in [0.1, 0.15) is 0 Å². The average molecular weight is 275 g/mol. The Morgan fingerprint density at radius 2 is 1.95 bits per heavy atom. The van der Waals surface area contributed by atoms with Gasteiger partial charge < -0.3 is 10.6 Å². The van der Waals surface area contributed by atoms with E-state index in [2.05, 4.69) is 48.2 Å². The maximum atomic E-state index is 6.18. The Bertz CT molecular complexity index is 544. The van der Waals surface area contributed by atoms with Gasteiger partial charge in [-0.05, 0) is 32.4 Å². The first-order valence-corrected chi connectivity index (χ1v) is 7.66. The van der Waals surface area contributed by atoms with Crippen molar-refractivity contribution in [2.24, 2.45) is 0 Å². The first kappa shape index (κ1) is 13.9. The highest BCUT2D eigenvalue weighted by Crippen LogP contribution is 2.30. The van der Waals surface area contributed by atoms with E-state index in [4.69, 9.17) is 5.73 Å². The maximum absolute atomic E-state index is 6.18. The van der Waals surface area contributed by atoms with E-state index in [0.717, 1.165) is 42.1 Å². The molecule has 4 heteroatoms. The number of nitrogens with zero attached hydrogens (tertiary/aromatic N) is 2. The molecule has 102 valence electrons. The smallest absolute Gasteiger partial charge is 0.0929 e. The van der Waals surface area contributed by atoms with Crippen LogP contribution >= 0.6 is 11.3 Å². The number of aryl methyl sites for hydroxylation is 1. The van der Waals surface area contributed by atoms with Crippen molar-refractivity contribution in [3.63, 3.8) is 0 Å². The Kier molecular flexibility index (Phi) is 4.43. The molecular formula is C15H21N3S. The van der Waals surface area contributed by atoms with Crippen molar-refractivity contribution in [3.8, 4) is 11.3 Å². The number of hydrogen-bond donors (Lipinski definition) is 1. The van der Waals surface area contributed by atoms with E-state index in [1.807, 2.05) is 6.07 Å². The summed E-state index contributed by atoms with van der Waals surface area (Å²) in [5, 5.41) is 3.27. The number of benzene rings is 1. The lowest BCUT2D eigenvalue weighted by Gasteiger charge is -2.23. The van der Waals surface area contributed by atoms with E-state index in [1.165, 1.54) is 5.01 Å². The number of nitrogen functional groups attached to an aromatic ring is 1. The van der Waals surface area contributed by atoms with Crippen molar-refractivity contribution >= 4 is 22.7 Å². The summed E-state index contributed by atoms with van der Waals surface area (Å²) in [6, 6.07) is 6.24. The molecule has 1 heterocycles. The standard InChI is InChI=1S/C15H21N3S/c1-4-15-17-13(10-19-15)11-7-8-14(12(16)9-11)18(5-2)6-3/h7-10H,4-6,16H2,1-3H3. The van der Waals surface area contributed by atoms with Crippen LogP contribution in [0.25, 0.3) is 11.3 Å². The van der Waals surface area contributed by atoms with Crippen molar-refractivity contribution in [2.75, 3.05) is 23.7 Å². The maximum Gasteiger partial charge on any atom is 0.0929 e. The summed E-state index contributed by atoms with van der Waals surface area (Å²) in [5.41, 5.74) is 10.2. The van der Waals surface area contributed by atoms with Gasteiger partial charge in [0.25, 0.3) is 0 Å². The van der Waals surface area contributed by atoms with Crippen LogP contribution in [0.15, 0.2) is 23.6 Å². The number of aromatic nitrogens is 1. The van der Waals surface area contributed by atoms with Gasteiger partial charge in [0, 0.05) is 24.0 Å². The predicted octanol–water partition coefficient (Wildman–Crippen LogP) is 3.80. The van der Waals surface area contributed by atoms with Crippen molar-refractivity contribution in [3.05, 3.63) is 28.6 Å². The molecule has 0 saturated carbocycles. The van der Waals surface area contributed by atoms with Gasteiger partial charge in [-0.15, -0.1) is 11.3 Å². The third kappa shape index (κ3) is 2.89. The summed E-state index contributed by atoms with van der Waals surface area (Å²) in [5.74, 6) is 0. The molecular weight excluding hydrogens is 254 g/mol. The quantitative estimate of drug-likeness (QED) is 0.844. The Morgan fingerprint density at radius 1 is 1.21 bits per heavy atom. The number of anilines is 2. The summed E-state index contributed by atoms with van der Waals surface area (Å²) in [6.07, 6.45) is 0.984. The lowest BCUT2D eigenvalue weighted by molar-refractivity contribution is 0.868. The molecule has 3 nitrogen and oxygen atoms in total. The summed E-state index contributed by atoms with van der Waals surface area (Å²) in [4.78, 5) is 6.87. The van der Waals surface area contributed by atoms with E-state index < -0.39 is 0 Å². The van der Waals surface area contributed by atoms with Gasteiger partial charge in [-0.1, -0.05) is 13.0 Å². The Labute approximate surface area is 119 Å². The van der Waals surface area contributed by atoms with Crippen LogP contribution in [-0.4, -0.2) is 18.1 Å². The topological polar surface area (TPSA) is 42.2 Å². The summed E-state index contributed by atoms with van der Waals surface area (Å²) in [7, 11) is 0. The zero-order valence-corrected chi connectivity index (χ0v) is 12.6. The van der Waals surface area contributed by atoms with E-state index in [1.54, 1.807) is 11.3 Å². The number of rotatable bonds is 5. The van der Waals surface area contributed by atoms with E-state index in [0.29, 0.717) is 0 Å². The van der Waals surface area contributed by atoms with E-state index >= 15 is 0 Å². The molecule has 2 aromatic rings. The van der Waals surface area contributed by atoms with Crippen molar-refractivity contribution in [2.45, 2.75) is 27.2 Å². The molecule has 0 radical (unpaired) electrons. The number of thiazole rings is 1. The van der Waals surface area contributed by atoms with Crippen LogP contribution in [0.4, 0.5) is 11.4 Å².